The topological polar surface area (TPSA) is 142 Å². The van der Waals surface area contributed by atoms with Gasteiger partial charge in [-0.15, -0.1) is 10.2 Å². The Morgan fingerprint density at radius 3 is 2.55 bits per heavy atom. The van der Waals surface area contributed by atoms with Gasteiger partial charge in [-0.2, -0.15) is 17.9 Å². The molecule has 16 heteroatoms. The van der Waals surface area contributed by atoms with Crippen LogP contribution in [0.1, 0.15) is 16.4 Å². The van der Waals surface area contributed by atoms with Crippen molar-refractivity contribution in [1.82, 2.24) is 39.4 Å². The van der Waals surface area contributed by atoms with Gasteiger partial charge in [0.1, 0.15) is 6.54 Å². The number of benzene rings is 1. The highest BCUT2D eigenvalue weighted by Crippen LogP contribution is 2.24. The van der Waals surface area contributed by atoms with E-state index in [9.17, 15) is 27.9 Å². The number of ether oxygens (including phenoxy) is 1. The summed E-state index contributed by atoms with van der Waals surface area (Å²) in [5, 5.41) is 20.9. The summed E-state index contributed by atoms with van der Waals surface area (Å²) in [7, 11) is 2.78. The van der Waals surface area contributed by atoms with Crippen LogP contribution in [0.5, 0.6) is 5.75 Å². The third-order valence-corrected chi connectivity index (χ3v) is 5.55. The molecule has 2 N–H and O–H groups in total. The molecule has 0 saturated carbocycles. The Labute approximate surface area is 217 Å². The van der Waals surface area contributed by atoms with Gasteiger partial charge in [-0.1, -0.05) is 11.6 Å². The lowest BCUT2D eigenvalue weighted by atomic mass is 10.2. The van der Waals surface area contributed by atoms with Crippen molar-refractivity contribution in [2.24, 2.45) is 0 Å². The van der Waals surface area contributed by atoms with Crippen molar-refractivity contribution in [2.45, 2.75) is 25.4 Å². The minimum atomic E-state index is -4.97. The number of amides is 1. The van der Waals surface area contributed by atoms with Gasteiger partial charge in [0.05, 0.1) is 13.7 Å². The molecule has 0 unspecified atom stereocenters. The number of aliphatic hydroxyl groups excluding tert-OH is 1. The lowest BCUT2D eigenvalue weighted by Crippen LogP contribution is -2.37. The molecule has 4 rings (SSSR count). The van der Waals surface area contributed by atoms with E-state index in [1.807, 2.05) is 0 Å². The van der Waals surface area contributed by atoms with Crippen molar-refractivity contribution in [1.29, 1.82) is 0 Å². The number of rotatable bonds is 8. The van der Waals surface area contributed by atoms with Crippen LogP contribution in [0.25, 0.3) is 17.2 Å². The molecule has 0 aliphatic carbocycles. The van der Waals surface area contributed by atoms with Crippen LogP contribution in [-0.2, 0) is 13.1 Å². The number of nitrogens with zero attached hydrogens (tertiary/aromatic N) is 7. The molecule has 1 aromatic carbocycles. The molecule has 0 bridgehead atoms. The maximum absolute atomic E-state index is 13.1. The molecule has 0 aliphatic rings. The molecule has 38 heavy (non-hydrogen) atoms. The van der Waals surface area contributed by atoms with Gasteiger partial charge in [0.15, 0.2) is 29.3 Å². The predicted octanol–water partition coefficient (Wildman–Crippen LogP) is 1.68. The summed E-state index contributed by atoms with van der Waals surface area (Å²) in [5.74, 6) is -0.599. The number of halogens is 4. The first-order valence-corrected chi connectivity index (χ1v) is 11.3. The Kier molecular flexibility index (Phi) is 7.50. The van der Waals surface area contributed by atoms with E-state index in [0.717, 1.165) is 9.36 Å². The number of carbonyl (C=O) groups is 1. The number of pyridine rings is 1. The summed E-state index contributed by atoms with van der Waals surface area (Å²) in [6.07, 6.45) is -6.34. The maximum atomic E-state index is 13.1. The monoisotopic (exact) mass is 552 g/mol. The molecule has 1 atom stereocenters. The fraction of sp³-hybridized carbons (Fsp3) is 0.273. The number of aromatic nitrogens is 7. The number of nitrogens with one attached hydrogen (secondary N) is 1. The van der Waals surface area contributed by atoms with Crippen molar-refractivity contribution in [3.63, 3.8) is 0 Å². The third kappa shape index (κ3) is 5.38. The number of methoxy groups -OCH3 is 1. The van der Waals surface area contributed by atoms with Crippen LogP contribution in [0.4, 0.5) is 13.2 Å². The van der Waals surface area contributed by atoms with E-state index in [0.29, 0.717) is 9.59 Å². The Hall–Kier alpha value is -4.24. The molecule has 0 saturated heterocycles. The van der Waals surface area contributed by atoms with Crippen molar-refractivity contribution < 1.29 is 27.8 Å². The summed E-state index contributed by atoms with van der Waals surface area (Å²) in [5.41, 5.74) is -0.686. The van der Waals surface area contributed by atoms with Crippen molar-refractivity contribution in [3.8, 4) is 23.0 Å². The second-order valence-corrected chi connectivity index (χ2v) is 8.25. The second-order valence-electron chi connectivity index (χ2n) is 7.81. The number of carbonyl (C=O) groups excluding carboxylic acids is 1. The van der Waals surface area contributed by atoms with E-state index in [-0.39, 0.29) is 34.6 Å². The lowest BCUT2D eigenvalue weighted by Gasteiger charge is -2.15. The van der Waals surface area contributed by atoms with Crippen LogP contribution < -0.4 is 15.7 Å². The third-order valence-electron chi connectivity index (χ3n) is 5.30. The van der Waals surface area contributed by atoms with E-state index >= 15 is 0 Å². The van der Waals surface area contributed by atoms with Crippen LogP contribution >= 0.6 is 11.6 Å². The number of hydrogen-bond donors (Lipinski definition) is 2. The van der Waals surface area contributed by atoms with E-state index in [1.54, 1.807) is 12.1 Å². The molecular formula is C22H20ClF3N8O4. The van der Waals surface area contributed by atoms with Gasteiger partial charge >= 0.3 is 11.9 Å². The summed E-state index contributed by atoms with van der Waals surface area (Å²) >= 11 is 5.91. The zero-order valence-electron chi connectivity index (χ0n) is 19.8. The van der Waals surface area contributed by atoms with Crippen LogP contribution in [-0.4, -0.2) is 71.5 Å². The average molecular weight is 553 g/mol. The molecule has 3 aromatic heterocycles. The van der Waals surface area contributed by atoms with Crippen LogP contribution in [0.2, 0.25) is 5.02 Å². The van der Waals surface area contributed by atoms with Gasteiger partial charge in [0.2, 0.25) is 5.82 Å². The van der Waals surface area contributed by atoms with Gasteiger partial charge in [-0.3, -0.25) is 9.36 Å². The highest BCUT2D eigenvalue weighted by atomic mass is 35.5. The summed E-state index contributed by atoms with van der Waals surface area (Å²) < 4.78 is 47.2. The zero-order chi connectivity index (χ0) is 27.6. The lowest BCUT2D eigenvalue weighted by molar-refractivity contribution is -0.207. The largest absolute Gasteiger partial charge is 0.493 e. The van der Waals surface area contributed by atoms with E-state index in [2.05, 4.69) is 25.5 Å². The Balaban J connectivity index is 1.80. The standard InChI is InChI=1S/C22H20ClF3N8O4/c1-27-20(36)19-29-16(30-34(19)18-14(38-2)4-3-9-28-18)11-33-21(37)32(10-15(35)22(24,25)26)17(31-33)12-5-7-13(23)8-6-12/h3-9,15,35H,10-11H2,1-2H3,(H,27,36)/t15-/m0/s1. The number of alkyl halides is 3. The van der Waals surface area contributed by atoms with Gasteiger partial charge in [-0.25, -0.2) is 19.4 Å². The normalized spacial score (nSPS) is 12.4. The smallest absolute Gasteiger partial charge is 0.416 e. The van der Waals surface area contributed by atoms with Crippen molar-refractivity contribution >= 4 is 17.5 Å². The SMILES string of the molecule is CNC(=O)c1nc(Cn2nc(-c3ccc(Cl)cc3)n(C[C@H](O)C(F)(F)F)c2=O)nn1-c1ncccc1OC. The first-order chi connectivity index (χ1) is 18.0. The first-order valence-electron chi connectivity index (χ1n) is 10.9. The first kappa shape index (κ1) is 26.8. The summed E-state index contributed by atoms with van der Waals surface area (Å²) in [6, 6.07) is 9.09. The molecule has 3 heterocycles. The molecule has 0 aliphatic heterocycles. The summed E-state index contributed by atoms with van der Waals surface area (Å²) in [4.78, 5) is 34.0. The zero-order valence-corrected chi connectivity index (χ0v) is 20.6. The molecular weight excluding hydrogens is 533 g/mol. The molecule has 12 nitrogen and oxygen atoms in total. The Morgan fingerprint density at radius 2 is 1.92 bits per heavy atom. The highest BCUT2D eigenvalue weighted by Gasteiger charge is 2.39. The van der Waals surface area contributed by atoms with Gasteiger partial charge in [0.25, 0.3) is 5.91 Å². The van der Waals surface area contributed by atoms with Crippen molar-refractivity contribution in [2.75, 3.05) is 14.2 Å². The molecule has 0 radical (unpaired) electrons. The van der Waals surface area contributed by atoms with E-state index < -0.39 is 37.0 Å². The van der Waals surface area contributed by atoms with Gasteiger partial charge in [0, 0.05) is 23.8 Å². The van der Waals surface area contributed by atoms with Gasteiger partial charge in [-0.05, 0) is 36.4 Å². The average Bonchev–Trinajstić information content (AvgIpc) is 3.45. The number of hydrogen-bond acceptors (Lipinski definition) is 8. The molecule has 1 amide bonds. The molecule has 0 fully saturated rings. The fourth-order valence-electron chi connectivity index (χ4n) is 3.46. The van der Waals surface area contributed by atoms with Crippen LogP contribution in [0, 0.1) is 0 Å². The van der Waals surface area contributed by atoms with Crippen molar-refractivity contribution in [3.05, 3.63) is 69.8 Å². The van der Waals surface area contributed by atoms with E-state index in [4.69, 9.17) is 16.3 Å². The highest BCUT2D eigenvalue weighted by molar-refractivity contribution is 6.30. The summed E-state index contributed by atoms with van der Waals surface area (Å²) in [6.45, 7) is -1.52. The maximum Gasteiger partial charge on any atom is 0.416 e. The fourth-order valence-corrected chi connectivity index (χ4v) is 3.59. The molecule has 200 valence electrons. The quantitative estimate of drug-likeness (QED) is 0.336. The molecule has 4 aromatic rings. The van der Waals surface area contributed by atoms with Gasteiger partial charge < -0.3 is 15.2 Å². The predicted molar refractivity (Wildman–Crippen MR) is 127 cm³/mol. The number of aliphatic hydroxyl groups is 1. The Bertz CT molecular complexity index is 1510. The minimum Gasteiger partial charge on any atom is -0.493 e. The van der Waals surface area contributed by atoms with E-state index in [1.165, 1.54) is 44.6 Å². The van der Waals surface area contributed by atoms with Crippen LogP contribution in [0.3, 0.4) is 0 Å². The molecule has 0 spiro atoms. The van der Waals surface area contributed by atoms with Crippen LogP contribution in [0.15, 0.2) is 47.4 Å². The Morgan fingerprint density at radius 1 is 1.21 bits per heavy atom. The second kappa shape index (κ2) is 10.6. The minimum absolute atomic E-state index is 0.0675.